The zero-order chi connectivity index (χ0) is 18.5. The van der Waals surface area contributed by atoms with Gasteiger partial charge in [-0.15, -0.1) is 0 Å². The van der Waals surface area contributed by atoms with Gasteiger partial charge in [0.05, 0.1) is 29.7 Å². The molecular weight excluding hydrogens is 326 g/mol. The van der Waals surface area contributed by atoms with Crippen molar-refractivity contribution in [1.29, 1.82) is 0 Å². The van der Waals surface area contributed by atoms with Crippen LogP contribution < -0.4 is 10.1 Å². The lowest BCUT2D eigenvalue weighted by molar-refractivity contribution is 0.368. The second kappa shape index (κ2) is 8.19. The molecule has 6 nitrogen and oxygen atoms in total. The molecule has 138 valence electrons. The van der Waals surface area contributed by atoms with E-state index in [0.29, 0.717) is 0 Å². The number of ether oxygens (including phenoxy) is 1. The van der Waals surface area contributed by atoms with Crippen molar-refractivity contribution in [2.45, 2.75) is 33.2 Å². The number of rotatable bonds is 8. The number of aryl methyl sites for hydroxylation is 4. The lowest BCUT2D eigenvalue weighted by Gasteiger charge is -2.07. The first kappa shape index (κ1) is 18.2. The third-order valence-electron chi connectivity index (χ3n) is 4.60. The maximum Gasteiger partial charge on any atom is 0.216 e. The lowest BCUT2D eigenvalue weighted by atomic mass is 10.1. The average Bonchev–Trinajstić information content (AvgIpc) is 3.14. The summed E-state index contributed by atoms with van der Waals surface area (Å²) in [5, 5.41) is 12.5. The Morgan fingerprint density at radius 2 is 1.85 bits per heavy atom. The number of para-hydroxylation sites is 1. The molecule has 26 heavy (non-hydrogen) atoms. The fraction of sp³-hybridized carbons (Fsp3) is 0.400. The van der Waals surface area contributed by atoms with E-state index >= 15 is 0 Å². The maximum absolute atomic E-state index is 5.43. The first-order valence-electron chi connectivity index (χ1n) is 8.98. The molecule has 3 rings (SSSR count). The Hall–Kier alpha value is -2.60. The van der Waals surface area contributed by atoms with Gasteiger partial charge in [-0.1, -0.05) is 18.2 Å². The van der Waals surface area contributed by atoms with Gasteiger partial charge in [0.2, 0.25) is 5.88 Å². The van der Waals surface area contributed by atoms with Crippen LogP contribution in [0.5, 0.6) is 5.88 Å². The van der Waals surface area contributed by atoms with E-state index in [0.717, 1.165) is 54.4 Å². The standard InChI is InChI=1S/C20H27N5O/c1-15-17(14-25(23-15)18-10-6-5-7-11-18)9-8-12-21-13-19-16(2)22-24(3)20(19)26-4/h5-7,10-11,14,21H,8-9,12-13H2,1-4H3. The predicted molar refractivity (Wildman–Crippen MR) is 103 cm³/mol. The molecule has 0 spiro atoms. The van der Waals surface area contributed by atoms with Gasteiger partial charge in [-0.05, 0) is 50.9 Å². The molecule has 0 fully saturated rings. The van der Waals surface area contributed by atoms with Gasteiger partial charge in [0.1, 0.15) is 0 Å². The number of nitrogens with one attached hydrogen (secondary N) is 1. The van der Waals surface area contributed by atoms with Crippen LogP contribution in [0.25, 0.3) is 5.69 Å². The molecule has 0 aliphatic heterocycles. The fourth-order valence-corrected chi connectivity index (χ4v) is 3.21. The summed E-state index contributed by atoms with van der Waals surface area (Å²) in [7, 11) is 3.59. The Morgan fingerprint density at radius 3 is 2.58 bits per heavy atom. The highest BCUT2D eigenvalue weighted by atomic mass is 16.5. The molecule has 1 aromatic carbocycles. The number of nitrogens with zero attached hydrogens (tertiary/aromatic N) is 4. The van der Waals surface area contributed by atoms with E-state index in [-0.39, 0.29) is 0 Å². The van der Waals surface area contributed by atoms with E-state index in [1.807, 2.05) is 36.9 Å². The summed E-state index contributed by atoms with van der Waals surface area (Å²) < 4.78 is 9.18. The second-order valence-corrected chi connectivity index (χ2v) is 6.50. The minimum absolute atomic E-state index is 0.769. The Balaban J connectivity index is 1.51. The summed E-state index contributed by atoms with van der Waals surface area (Å²) in [6.07, 6.45) is 4.21. The van der Waals surface area contributed by atoms with Gasteiger partial charge in [0.15, 0.2) is 0 Å². The SMILES string of the molecule is COc1c(CNCCCc2cn(-c3ccccc3)nc2C)c(C)nn1C. The van der Waals surface area contributed by atoms with Gasteiger partial charge in [-0.25, -0.2) is 9.36 Å². The van der Waals surface area contributed by atoms with E-state index in [4.69, 9.17) is 4.74 Å². The monoisotopic (exact) mass is 353 g/mol. The Morgan fingerprint density at radius 1 is 1.08 bits per heavy atom. The highest BCUT2D eigenvalue weighted by Gasteiger charge is 2.13. The van der Waals surface area contributed by atoms with E-state index in [9.17, 15) is 0 Å². The summed E-state index contributed by atoms with van der Waals surface area (Å²) in [6, 6.07) is 10.2. The summed E-state index contributed by atoms with van der Waals surface area (Å²) in [5.74, 6) is 0.829. The number of methoxy groups -OCH3 is 1. The van der Waals surface area contributed by atoms with Crippen LogP contribution in [0, 0.1) is 13.8 Å². The molecule has 3 aromatic rings. The van der Waals surface area contributed by atoms with Gasteiger partial charge in [-0.3, -0.25) is 0 Å². The molecule has 0 saturated carbocycles. The van der Waals surface area contributed by atoms with E-state index in [1.54, 1.807) is 11.8 Å². The number of aromatic nitrogens is 4. The van der Waals surface area contributed by atoms with Crippen molar-refractivity contribution in [3.63, 3.8) is 0 Å². The summed E-state index contributed by atoms with van der Waals surface area (Å²) in [6.45, 7) is 5.80. The van der Waals surface area contributed by atoms with Crippen LogP contribution in [0.4, 0.5) is 0 Å². The minimum atomic E-state index is 0.769. The second-order valence-electron chi connectivity index (χ2n) is 6.50. The minimum Gasteiger partial charge on any atom is -0.481 e. The molecule has 6 heteroatoms. The molecule has 0 atom stereocenters. The van der Waals surface area contributed by atoms with Crippen molar-refractivity contribution in [2.75, 3.05) is 13.7 Å². The normalized spacial score (nSPS) is 11.1. The third-order valence-corrected chi connectivity index (χ3v) is 4.60. The summed E-state index contributed by atoms with van der Waals surface area (Å²) in [5.41, 5.74) is 5.63. The quantitative estimate of drug-likeness (QED) is 0.633. The van der Waals surface area contributed by atoms with E-state index < -0.39 is 0 Å². The van der Waals surface area contributed by atoms with Crippen molar-refractivity contribution in [1.82, 2.24) is 24.9 Å². The largest absolute Gasteiger partial charge is 0.481 e. The molecule has 0 radical (unpaired) electrons. The van der Waals surface area contributed by atoms with Crippen LogP contribution in [0.3, 0.4) is 0 Å². The van der Waals surface area contributed by atoms with E-state index in [1.165, 1.54) is 5.56 Å². The number of hydrogen-bond donors (Lipinski definition) is 1. The van der Waals surface area contributed by atoms with Crippen molar-refractivity contribution in [2.24, 2.45) is 7.05 Å². The Kier molecular flexibility index (Phi) is 5.73. The van der Waals surface area contributed by atoms with Crippen molar-refractivity contribution in [3.8, 4) is 11.6 Å². The van der Waals surface area contributed by atoms with Crippen molar-refractivity contribution < 1.29 is 4.74 Å². The molecule has 0 aliphatic carbocycles. The summed E-state index contributed by atoms with van der Waals surface area (Å²) >= 11 is 0. The van der Waals surface area contributed by atoms with Gasteiger partial charge in [0.25, 0.3) is 0 Å². The van der Waals surface area contributed by atoms with Crippen LogP contribution in [-0.4, -0.2) is 33.2 Å². The van der Waals surface area contributed by atoms with Crippen LogP contribution >= 0.6 is 0 Å². The van der Waals surface area contributed by atoms with Crippen molar-refractivity contribution >= 4 is 0 Å². The lowest BCUT2D eigenvalue weighted by Crippen LogP contribution is -2.16. The predicted octanol–water partition coefficient (Wildman–Crippen LogP) is 2.95. The third kappa shape index (κ3) is 3.96. The average molecular weight is 353 g/mol. The molecule has 1 N–H and O–H groups in total. The molecule has 0 bridgehead atoms. The molecule has 0 amide bonds. The maximum atomic E-state index is 5.43. The molecule has 0 aliphatic rings. The van der Waals surface area contributed by atoms with Gasteiger partial charge in [0, 0.05) is 19.8 Å². The number of benzene rings is 1. The summed E-state index contributed by atoms with van der Waals surface area (Å²) in [4.78, 5) is 0. The number of hydrogen-bond acceptors (Lipinski definition) is 4. The molecule has 0 saturated heterocycles. The van der Waals surface area contributed by atoms with E-state index in [2.05, 4.69) is 40.8 Å². The van der Waals surface area contributed by atoms with Gasteiger partial charge in [-0.2, -0.15) is 10.2 Å². The molecule has 2 heterocycles. The van der Waals surface area contributed by atoms with Crippen LogP contribution in [-0.2, 0) is 20.0 Å². The molecule has 0 unspecified atom stereocenters. The smallest absolute Gasteiger partial charge is 0.216 e. The van der Waals surface area contributed by atoms with Crippen LogP contribution in [0.2, 0.25) is 0 Å². The zero-order valence-corrected chi connectivity index (χ0v) is 16.0. The zero-order valence-electron chi connectivity index (χ0n) is 16.0. The Bertz CT molecular complexity index is 851. The highest BCUT2D eigenvalue weighted by molar-refractivity contribution is 5.33. The van der Waals surface area contributed by atoms with Crippen molar-refractivity contribution in [3.05, 3.63) is 59.0 Å². The van der Waals surface area contributed by atoms with Crippen LogP contribution in [0.1, 0.15) is 28.9 Å². The highest BCUT2D eigenvalue weighted by Crippen LogP contribution is 2.20. The first-order chi connectivity index (χ1) is 12.6. The van der Waals surface area contributed by atoms with Gasteiger partial charge >= 0.3 is 0 Å². The molecular formula is C20H27N5O. The van der Waals surface area contributed by atoms with Gasteiger partial charge < -0.3 is 10.1 Å². The first-order valence-corrected chi connectivity index (χ1v) is 8.98. The van der Waals surface area contributed by atoms with Crippen LogP contribution in [0.15, 0.2) is 36.5 Å². The Labute approximate surface area is 154 Å². The topological polar surface area (TPSA) is 56.9 Å². The fourth-order valence-electron chi connectivity index (χ4n) is 3.21. The molecule has 2 aromatic heterocycles.